The van der Waals surface area contributed by atoms with Gasteiger partial charge >= 0.3 is 0 Å². The minimum absolute atomic E-state index is 0.0172. The van der Waals surface area contributed by atoms with Crippen molar-refractivity contribution in [2.75, 3.05) is 33.0 Å². The molecule has 11 fully saturated rings. The van der Waals surface area contributed by atoms with Crippen molar-refractivity contribution < 1.29 is 133 Å². The van der Waals surface area contributed by atoms with E-state index < -0.39 is 191 Å². The smallest absolute Gasteiger partial charge is 0.187 e. The minimum Gasteiger partial charge on any atom is -0.394 e. The van der Waals surface area contributed by atoms with E-state index >= 15 is 0 Å². The molecular weight excluding hydrogens is 1100 g/mol. The molecule has 0 amide bonds. The lowest BCUT2D eigenvalue weighted by Crippen LogP contribution is -2.68. The first-order valence-corrected chi connectivity index (χ1v) is 30.1. The van der Waals surface area contributed by atoms with Crippen molar-refractivity contribution in [3.05, 3.63) is 0 Å². The number of aliphatic hydroxyl groups is 14. The van der Waals surface area contributed by atoms with Crippen LogP contribution in [-0.2, 0) is 61.6 Å². The van der Waals surface area contributed by atoms with Crippen LogP contribution in [0.2, 0.25) is 0 Å². The SMILES string of the molecule is C[C@@H]1CC[C@]2(OC1)O[C@H]1C[C@@H]3[C@H]4CC[C@@H]5C[C@H](O[C@H]6O[C@@H](CO)[C@H](O[C@H]7O[C@@H](CO)[C@H](O[C@H]8O[C@@H](CO)[C@H](O)[C@@H](O[C@H]9O[C@@H](C)[C@H](O)[C@@H](O)[C@@H]9O)[C@@H]8O[C@H]8OC[C@H](O)[C@@H](O)[C@@H]8O)[C@@H](O)[C@@H]7O)[C@@H](O)[C@@H]6O)CC[C@]5(C)[C@H]4CC(=O)[C@]3(C)[C@H]1[C@@H]2C. The molecule has 11 rings (SSSR count). The molecule has 7 saturated heterocycles. The average Bonchev–Trinajstić information content (AvgIpc) is 3.01. The number of ketones is 1. The van der Waals surface area contributed by atoms with Crippen LogP contribution in [0.5, 0.6) is 0 Å². The number of ether oxygens (including phenoxy) is 12. The molecule has 14 N–H and O–H groups in total. The van der Waals surface area contributed by atoms with Gasteiger partial charge in [-0.2, -0.15) is 0 Å². The Labute approximate surface area is 480 Å². The molecule has 27 heteroatoms. The van der Waals surface area contributed by atoms with Crippen LogP contribution in [0.15, 0.2) is 0 Å². The molecule has 0 radical (unpaired) electrons. The summed E-state index contributed by atoms with van der Waals surface area (Å²) in [7, 11) is 0. The lowest BCUT2D eigenvalue weighted by molar-refractivity contribution is -0.405. The third-order valence-electron chi connectivity index (χ3n) is 21.9. The summed E-state index contributed by atoms with van der Waals surface area (Å²) in [6.45, 7) is 7.71. The number of hydrogen-bond acceptors (Lipinski definition) is 27. The van der Waals surface area contributed by atoms with E-state index in [2.05, 4.69) is 27.7 Å². The second-order valence-electron chi connectivity index (χ2n) is 26.5. The van der Waals surface area contributed by atoms with Crippen LogP contribution in [0.3, 0.4) is 0 Å². The molecule has 0 unspecified atom stereocenters. The summed E-state index contributed by atoms with van der Waals surface area (Å²) >= 11 is 0. The van der Waals surface area contributed by atoms with Crippen LogP contribution >= 0.6 is 0 Å². The summed E-state index contributed by atoms with van der Waals surface area (Å²) < 4.78 is 72.9. The third kappa shape index (κ3) is 10.9. The van der Waals surface area contributed by atoms with Crippen LogP contribution in [0.4, 0.5) is 0 Å². The molecular formula is C56H90O27. The van der Waals surface area contributed by atoms with Crippen molar-refractivity contribution in [3.63, 3.8) is 0 Å². The monoisotopic (exact) mass is 1190 g/mol. The van der Waals surface area contributed by atoms with E-state index in [0.717, 1.165) is 38.5 Å². The van der Waals surface area contributed by atoms with Gasteiger partial charge in [-0.15, -0.1) is 0 Å². The number of carbonyl (C=O) groups excluding carboxylic acids is 1. The summed E-state index contributed by atoms with van der Waals surface area (Å²) in [4.78, 5) is 14.7. The summed E-state index contributed by atoms with van der Waals surface area (Å²) in [5, 5.41) is 153. The molecule has 11 aliphatic rings. The highest BCUT2D eigenvalue weighted by atomic mass is 16.8. The van der Waals surface area contributed by atoms with Gasteiger partial charge in [0.2, 0.25) is 0 Å². The van der Waals surface area contributed by atoms with Crippen LogP contribution in [0.25, 0.3) is 0 Å². The van der Waals surface area contributed by atoms with Gasteiger partial charge in [0.1, 0.15) is 116 Å². The number of rotatable bonds is 13. The Morgan fingerprint density at radius 1 is 0.530 bits per heavy atom. The van der Waals surface area contributed by atoms with Crippen molar-refractivity contribution in [2.45, 2.75) is 258 Å². The first-order valence-electron chi connectivity index (χ1n) is 30.1. The lowest BCUT2D eigenvalue weighted by atomic mass is 9.44. The van der Waals surface area contributed by atoms with Crippen molar-refractivity contribution >= 4 is 5.78 Å². The molecule has 27 nitrogen and oxygen atoms in total. The van der Waals surface area contributed by atoms with Crippen molar-refractivity contribution in [2.24, 2.45) is 52.3 Å². The molecule has 83 heavy (non-hydrogen) atoms. The Bertz CT molecular complexity index is 2210. The van der Waals surface area contributed by atoms with Gasteiger partial charge in [0.05, 0.1) is 51.3 Å². The minimum atomic E-state index is -2.10. The molecule has 4 saturated carbocycles. The molecule has 0 bridgehead atoms. The van der Waals surface area contributed by atoms with E-state index in [1.165, 1.54) is 6.92 Å². The largest absolute Gasteiger partial charge is 0.394 e. The summed E-state index contributed by atoms with van der Waals surface area (Å²) in [5.41, 5.74) is -0.636. The van der Waals surface area contributed by atoms with Crippen molar-refractivity contribution in [3.8, 4) is 0 Å². The van der Waals surface area contributed by atoms with Crippen LogP contribution in [-0.4, -0.2) is 276 Å². The molecule has 36 atom stereocenters. The van der Waals surface area contributed by atoms with E-state index in [1.54, 1.807) is 0 Å². The van der Waals surface area contributed by atoms with E-state index in [0.29, 0.717) is 43.5 Å². The van der Waals surface area contributed by atoms with Crippen molar-refractivity contribution in [1.82, 2.24) is 0 Å². The van der Waals surface area contributed by atoms with Gasteiger partial charge in [0.15, 0.2) is 37.2 Å². The van der Waals surface area contributed by atoms with Gasteiger partial charge in [-0.3, -0.25) is 4.79 Å². The molecule has 1 spiro atoms. The van der Waals surface area contributed by atoms with Crippen LogP contribution in [0.1, 0.15) is 92.4 Å². The zero-order chi connectivity index (χ0) is 59.5. The first-order chi connectivity index (χ1) is 39.4. The Balaban J connectivity index is 0.732. The number of fused-ring (bicyclic) bond motifs is 7. The fourth-order valence-electron chi connectivity index (χ4n) is 17.0. The van der Waals surface area contributed by atoms with Gasteiger partial charge in [-0.05, 0) is 86.9 Å². The molecule has 0 aromatic carbocycles. The van der Waals surface area contributed by atoms with Gasteiger partial charge in [0.25, 0.3) is 0 Å². The van der Waals surface area contributed by atoms with Crippen molar-refractivity contribution in [1.29, 1.82) is 0 Å². The molecule has 7 heterocycles. The van der Waals surface area contributed by atoms with Gasteiger partial charge in [0, 0.05) is 30.1 Å². The molecule has 7 aliphatic heterocycles. The van der Waals surface area contributed by atoms with E-state index in [4.69, 9.17) is 56.8 Å². The van der Waals surface area contributed by atoms with Gasteiger partial charge < -0.3 is 128 Å². The zero-order valence-electron chi connectivity index (χ0n) is 47.5. The third-order valence-corrected chi connectivity index (χ3v) is 21.9. The predicted octanol–water partition coefficient (Wildman–Crippen LogP) is -4.24. The maximum Gasteiger partial charge on any atom is 0.187 e. The highest BCUT2D eigenvalue weighted by Gasteiger charge is 2.72. The Kier molecular flexibility index (Phi) is 18.6. The predicted molar refractivity (Wildman–Crippen MR) is 274 cm³/mol. The first kappa shape index (κ1) is 63.2. The summed E-state index contributed by atoms with van der Waals surface area (Å²) in [6, 6.07) is 0. The zero-order valence-corrected chi connectivity index (χ0v) is 47.5. The molecule has 0 aromatic rings. The van der Waals surface area contributed by atoms with E-state index in [-0.39, 0.29) is 41.1 Å². The second kappa shape index (κ2) is 24.4. The lowest BCUT2D eigenvalue weighted by Gasteiger charge is -2.60. The fraction of sp³-hybridized carbons (Fsp3) is 0.982. The van der Waals surface area contributed by atoms with Crippen LogP contribution in [0, 0.1) is 52.3 Å². The Hall–Kier alpha value is -1.37. The molecule has 4 aliphatic carbocycles. The fourth-order valence-corrected chi connectivity index (χ4v) is 17.0. The van der Waals surface area contributed by atoms with E-state index in [1.807, 2.05) is 0 Å². The highest BCUT2D eigenvalue weighted by molar-refractivity contribution is 5.87. The number of aliphatic hydroxyl groups excluding tert-OH is 14. The number of carbonyl (C=O) groups is 1. The van der Waals surface area contributed by atoms with Gasteiger partial charge in [-0.25, -0.2) is 0 Å². The molecule has 476 valence electrons. The summed E-state index contributed by atoms with van der Waals surface area (Å²) in [5.74, 6) is 1.36. The Morgan fingerprint density at radius 3 is 1.75 bits per heavy atom. The normalized spacial score (nSPS) is 57.4. The summed E-state index contributed by atoms with van der Waals surface area (Å²) in [6.07, 6.45) is -35.7. The van der Waals surface area contributed by atoms with E-state index in [9.17, 15) is 76.3 Å². The standard InChI is InChI=1S/C56H90O27/c1-20-8-11-56(73-18-20)21(2)34-29(83-56)13-27-25-7-6-23-12-24(9-10-54(23,4)26(25)14-33(61)55(27,34)5)75-51-43(70)39(66)45(31(16-58)77-51)79-52-44(71)40(67)46(32(17-59)78-52)80-53-48(82-49-41(68)36(63)28(60)19-72-49)47(37(64)30(15-57)76-53)81-50-42(69)38(65)35(62)22(3)74-50/h20-32,34-53,57-60,62-71H,6-19H2,1-5H3/t20-,21+,22+,23-,24-,25+,26+,27-,28+,29+,30+,31+,32+,34+,35+,36-,37+,38-,39+,40+,41+,42+,43+,44+,45+,46+,47-,48+,49-,50-,51+,52-,53-,54+,55-,56+/m1/s1. The quantitative estimate of drug-likeness (QED) is 0.0777. The second-order valence-corrected chi connectivity index (χ2v) is 26.5. The topological polar surface area (TPSA) is 411 Å². The Morgan fingerprint density at radius 2 is 1.11 bits per heavy atom. The molecule has 0 aromatic heterocycles. The maximum absolute atomic E-state index is 14.7. The number of Topliss-reactive ketones (excluding diaryl/α,β-unsaturated/α-hetero) is 1. The highest BCUT2D eigenvalue weighted by Crippen LogP contribution is 2.70. The maximum atomic E-state index is 14.7. The number of hydrogen-bond donors (Lipinski definition) is 14. The van der Waals surface area contributed by atoms with Crippen LogP contribution < -0.4 is 0 Å². The van der Waals surface area contributed by atoms with Gasteiger partial charge in [-0.1, -0.05) is 27.7 Å². The average molecular weight is 1200 g/mol.